The minimum Gasteiger partial charge on any atom is -0.486 e. The average molecular weight is 308 g/mol. The summed E-state index contributed by atoms with van der Waals surface area (Å²) in [5.41, 5.74) is 6.99. The molecule has 2 aromatic rings. The summed E-state index contributed by atoms with van der Waals surface area (Å²) in [6.07, 6.45) is 0.232. The fraction of sp³-hybridized carbons (Fsp3) is 0.250. The average Bonchev–Trinajstić information content (AvgIpc) is 2.49. The van der Waals surface area contributed by atoms with Gasteiger partial charge in [0, 0.05) is 11.1 Å². The number of benzene rings is 2. The molecule has 0 bridgehead atoms. The molecule has 2 unspecified atom stereocenters. The maximum atomic E-state index is 13.0. The summed E-state index contributed by atoms with van der Waals surface area (Å²) in [4.78, 5) is 0. The summed E-state index contributed by atoms with van der Waals surface area (Å²) in [7, 11) is 0. The molecule has 0 aromatic heterocycles. The van der Waals surface area contributed by atoms with E-state index >= 15 is 0 Å². The highest BCUT2D eigenvalue weighted by atomic mass is 35.5. The first-order chi connectivity index (χ1) is 10.1. The van der Waals surface area contributed by atoms with E-state index < -0.39 is 0 Å². The zero-order valence-corrected chi connectivity index (χ0v) is 12.0. The van der Waals surface area contributed by atoms with Gasteiger partial charge in [-0.05, 0) is 36.2 Å². The highest BCUT2D eigenvalue weighted by Crippen LogP contribution is 2.32. The summed E-state index contributed by atoms with van der Waals surface area (Å²) in [5, 5.41) is 0.377. The van der Waals surface area contributed by atoms with Crippen LogP contribution in [0, 0.1) is 5.82 Å². The Balaban J connectivity index is 1.70. The Labute approximate surface area is 127 Å². The lowest BCUT2D eigenvalue weighted by atomic mass is 10.0. The van der Waals surface area contributed by atoms with Crippen LogP contribution in [0.1, 0.15) is 5.56 Å². The molecular weight excluding hydrogens is 293 g/mol. The monoisotopic (exact) mass is 307 g/mol. The predicted octanol–water partition coefficient (Wildman–Crippen LogP) is 3.19. The molecule has 110 valence electrons. The summed E-state index contributed by atoms with van der Waals surface area (Å²) in [6, 6.07) is 11.5. The molecule has 2 atom stereocenters. The Morgan fingerprint density at radius 3 is 2.76 bits per heavy atom. The van der Waals surface area contributed by atoms with Gasteiger partial charge in [0.1, 0.15) is 18.5 Å². The predicted molar refractivity (Wildman–Crippen MR) is 79.4 cm³/mol. The van der Waals surface area contributed by atoms with Crippen LogP contribution in [0.25, 0.3) is 0 Å². The Kier molecular flexibility index (Phi) is 3.99. The number of fused-ring (bicyclic) bond motifs is 1. The lowest BCUT2D eigenvalue weighted by Gasteiger charge is -2.30. The fourth-order valence-electron chi connectivity index (χ4n) is 2.32. The molecule has 0 aliphatic carbocycles. The maximum absolute atomic E-state index is 13.0. The second kappa shape index (κ2) is 5.92. The minimum atomic E-state index is -0.358. The van der Waals surface area contributed by atoms with Crippen molar-refractivity contribution in [2.24, 2.45) is 5.73 Å². The smallest absolute Gasteiger partial charge is 0.161 e. The molecule has 0 spiro atoms. The van der Waals surface area contributed by atoms with Crippen molar-refractivity contribution < 1.29 is 13.9 Å². The molecule has 1 heterocycles. The van der Waals surface area contributed by atoms with Gasteiger partial charge in [-0.15, -0.1) is 0 Å². The van der Waals surface area contributed by atoms with Gasteiger partial charge in [0.05, 0.1) is 0 Å². The summed E-state index contributed by atoms with van der Waals surface area (Å²) in [5.74, 6) is 1.05. The number of rotatable bonds is 3. The number of hydrogen-bond acceptors (Lipinski definition) is 3. The van der Waals surface area contributed by atoms with E-state index in [9.17, 15) is 4.39 Å². The number of ether oxygens (including phenoxy) is 2. The first-order valence-electron chi connectivity index (χ1n) is 6.71. The third kappa shape index (κ3) is 3.12. The molecule has 2 N–H and O–H groups in total. The quantitative estimate of drug-likeness (QED) is 0.947. The van der Waals surface area contributed by atoms with Crippen LogP contribution in [0.3, 0.4) is 0 Å². The number of halogens is 2. The molecule has 0 fully saturated rings. The largest absolute Gasteiger partial charge is 0.486 e. The minimum absolute atomic E-state index is 0.263. The SMILES string of the molecule is NC(Cc1ccc(F)cc1Cl)C1COc2ccccc2O1. The molecule has 21 heavy (non-hydrogen) atoms. The van der Waals surface area contributed by atoms with Crippen molar-refractivity contribution >= 4 is 11.6 Å². The Morgan fingerprint density at radius 2 is 2.00 bits per heavy atom. The zero-order chi connectivity index (χ0) is 14.8. The first kappa shape index (κ1) is 14.2. The van der Waals surface area contributed by atoms with E-state index in [1.807, 2.05) is 24.3 Å². The molecule has 2 aromatic carbocycles. The van der Waals surface area contributed by atoms with Crippen LogP contribution in [-0.2, 0) is 6.42 Å². The molecule has 0 amide bonds. The second-order valence-corrected chi connectivity index (χ2v) is 5.42. The van der Waals surface area contributed by atoms with E-state index in [1.165, 1.54) is 12.1 Å². The van der Waals surface area contributed by atoms with Crippen LogP contribution in [0.15, 0.2) is 42.5 Å². The molecule has 0 radical (unpaired) electrons. The molecule has 1 aliphatic heterocycles. The van der Waals surface area contributed by atoms with Crippen molar-refractivity contribution in [3.8, 4) is 11.5 Å². The van der Waals surface area contributed by atoms with Crippen LogP contribution in [0.4, 0.5) is 4.39 Å². The van der Waals surface area contributed by atoms with Crippen molar-refractivity contribution in [3.05, 3.63) is 58.9 Å². The van der Waals surface area contributed by atoms with Gasteiger partial charge < -0.3 is 15.2 Å². The Morgan fingerprint density at radius 1 is 1.24 bits per heavy atom. The zero-order valence-electron chi connectivity index (χ0n) is 11.3. The van der Waals surface area contributed by atoms with E-state index in [0.717, 1.165) is 11.3 Å². The van der Waals surface area contributed by atoms with Gasteiger partial charge in [-0.2, -0.15) is 0 Å². The van der Waals surface area contributed by atoms with E-state index in [-0.39, 0.29) is 18.0 Å². The lowest BCUT2D eigenvalue weighted by Crippen LogP contribution is -2.46. The molecular formula is C16H15ClFNO2. The van der Waals surface area contributed by atoms with Gasteiger partial charge >= 0.3 is 0 Å². The third-order valence-electron chi connectivity index (χ3n) is 3.48. The summed E-state index contributed by atoms with van der Waals surface area (Å²) in [6.45, 7) is 0.386. The molecule has 0 saturated carbocycles. The van der Waals surface area contributed by atoms with E-state index in [0.29, 0.717) is 23.8 Å². The van der Waals surface area contributed by atoms with Crippen molar-refractivity contribution in [1.82, 2.24) is 0 Å². The van der Waals surface area contributed by atoms with E-state index in [4.69, 9.17) is 26.8 Å². The maximum Gasteiger partial charge on any atom is 0.161 e. The van der Waals surface area contributed by atoms with Gasteiger partial charge in [0.2, 0.25) is 0 Å². The van der Waals surface area contributed by atoms with Crippen molar-refractivity contribution in [2.75, 3.05) is 6.61 Å². The van der Waals surface area contributed by atoms with Crippen molar-refractivity contribution in [1.29, 1.82) is 0 Å². The summed E-state index contributed by atoms with van der Waals surface area (Å²) >= 11 is 6.03. The standard InChI is InChI=1S/C16H15ClFNO2/c17-12-8-11(18)6-5-10(12)7-13(19)16-9-20-14-3-1-2-4-15(14)21-16/h1-6,8,13,16H,7,9,19H2. The van der Waals surface area contributed by atoms with Crippen LogP contribution in [0.5, 0.6) is 11.5 Å². The Bertz CT molecular complexity index is 650. The van der Waals surface area contributed by atoms with Gasteiger partial charge in [0.25, 0.3) is 0 Å². The fourth-order valence-corrected chi connectivity index (χ4v) is 2.56. The van der Waals surface area contributed by atoms with Gasteiger partial charge in [-0.3, -0.25) is 0 Å². The van der Waals surface area contributed by atoms with Crippen molar-refractivity contribution in [2.45, 2.75) is 18.6 Å². The Hall–Kier alpha value is -1.78. The highest BCUT2D eigenvalue weighted by Gasteiger charge is 2.27. The van der Waals surface area contributed by atoms with Crippen LogP contribution in [0.2, 0.25) is 5.02 Å². The number of para-hydroxylation sites is 2. The van der Waals surface area contributed by atoms with Gasteiger partial charge in [-0.1, -0.05) is 29.8 Å². The van der Waals surface area contributed by atoms with E-state index in [1.54, 1.807) is 6.07 Å². The summed E-state index contributed by atoms with van der Waals surface area (Å²) < 4.78 is 24.6. The third-order valence-corrected chi connectivity index (χ3v) is 3.83. The van der Waals surface area contributed by atoms with Crippen LogP contribution < -0.4 is 15.2 Å². The molecule has 3 rings (SSSR count). The molecule has 3 nitrogen and oxygen atoms in total. The van der Waals surface area contributed by atoms with Crippen LogP contribution >= 0.6 is 11.6 Å². The topological polar surface area (TPSA) is 44.5 Å². The van der Waals surface area contributed by atoms with Crippen molar-refractivity contribution in [3.63, 3.8) is 0 Å². The van der Waals surface area contributed by atoms with Gasteiger partial charge in [0.15, 0.2) is 11.5 Å². The highest BCUT2D eigenvalue weighted by molar-refractivity contribution is 6.31. The number of hydrogen-bond donors (Lipinski definition) is 1. The normalized spacial score (nSPS) is 18.3. The molecule has 1 aliphatic rings. The van der Waals surface area contributed by atoms with Gasteiger partial charge in [-0.25, -0.2) is 4.39 Å². The second-order valence-electron chi connectivity index (χ2n) is 5.02. The molecule has 0 saturated heterocycles. The van der Waals surface area contributed by atoms with E-state index in [2.05, 4.69) is 0 Å². The van der Waals surface area contributed by atoms with Crippen LogP contribution in [-0.4, -0.2) is 18.8 Å². The number of nitrogens with two attached hydrogens (primary N) is 1. The first-order valence-corrected chi connectivity index (χ1v) is 7.09. The lowest BCUT2D eigenvalue weighted by molar-refractivity contribution is 0.0723. The molecule has 5 heteroatoms.